The molecule has 0 radical (unpaired) electrons. The highest BCUT2D eigenvalue weighted by Crippen LogP contribution is 2.22. The Kier molecular flexibility index (Phi) is 4.94. The Morgan fingerprint density at radius 3 is 2.53 bits per heavy atom. The zero-order valence-corrected chi connectivity index (χ0v) is 9.55. The molecule has 4 heteroatoms. The summed E-state index contributed by atoms with van der Waals surface area (Å²) in [5.74, 6) is -0.963. The maximum absolute atomic E-state index is 11.0. The van der Waals surface area contributed by atoms with Crippen molar-refractivity contribution < 1.29 is 19.4 Å². The van der Waals surface area contributed by atoms with Crippen molar-refractivity contribution in [1.82, 2.24) is 0 Å². The summed E-state index contributed by atoms with van der Waals surface area (Å²) < 4.78 is 4.61. The second-order valence-corrected chi connectivity index (χ2v) is 3.49. The van der Waals surface area contributed by atoms with E-state index in [0.717, 1.165) is 5.56 Å². The minimum absolute atomic E-state index is 0.179. The van der Waals surface area contributed by atoms with E-state index < -0.39 is 5.97 Å². The second-order valence-electron chi connectivity index (χ2n) is 3.49. The highest BCUT2D eigenvalue weighted by atomic mass is 16.5. The van der Waals surface area contributed by atoms with Crippen LogP contribution in [0.25, 0.3) is 5.57 Å². The number of carboxylic acid groups (broad SMARTS) is 1. The van der Waals surface area contributed by atoms with Crippen LogP contribution in [0, 0.1) is 0 Å². The van der Waals surface area contributed by atoms with Crippen LogP contribution in [0.2, 0.25) is 0 Å². The van der Waals surface area contributed by atoms with Gasteiger partial charge in [-0.25, -0.2) is 4.79 Å². The molecule has 0 heterocycles. The number of benzene rings is 1. The quantitative estimate of drug-likeness (QED) is 0.465. The molecule has 17 heavy (non-hydrogen) atoms. The molecule has 1 N–H and O–H groups in total. The summed E-state index contributed by atoms with van der Waals surface area (Å²) in [4.78, 5) is 21.1. The van der Waals surface area contributed by atoms with Gasteiger partial charge in [-0.2, -0.15) is 0 Å². The van der Waals surface area contributed by atoms with E-state index in [1.807, 2.05) is 30.3 Å². The Labute approximate surface area is 99.5 Å². The van der Waals surface area contributed by atoms with Gasteiger partial charge in [0.05, 0.1) is 6.61 Å². The minimum Gasteiger partial charge on any atom is -0.478 e. The molecule has 0 saturated heterocycles. The van der Waals surface area contributed by atoms with E-state index in [0.29, 0.717) is 18.5 Å². The Balaban J connectivity index is 2.99. The van der Waals surface area contributed by atoms with Gasteiger partial charge in [-0.3, -0.25) is 4.79 Å². The summed E-state index contributed by atoms with van der Waals surface area (Å²) in [7, 11) is 0. The average molecular weight is 234 g/mol. The molecule has 0 saturated carbocycles. The Morgan fingerprint density at radius 1 is 1.35 bits per heavy atom. The average Bonchev–Trinajstić information content (AvgIpc) is 2.35. The van der Waals surface area contributed by atoms with Crippen LogP contribution in [0.4, 0.5) is 0 Å². The summed E-state index contributed by atoms with van der Waals surface area (Å²) in [6.45, 7) is 2.09. The van der Waals surface area contributed by atoms with Gasteiger partial charge in [-0.05, 0) is 18.1 Å². The number of ether oxygens (including phenoxy) is 1. The third-order valence-corrected chi connectivity index (χ3v) is 2.43. The standard InChI is InChI=1S/C13H14O4/c1-10(13(15)16)12(7-8-17-9-14)11-5-3-2-4-6-11/h2-6,9H,7-8H2,1H3,(H,15,16). The van der Waals surface area contributed by atoms with Gasteiger partial charge in [0.25, 0.3) is 6.47 Å². The molecule has 0 aliphatic rings. The fourth-order valence-electron chi connectivity index (χ4n) is 1.53. The van der Waals surface area contributed by atoms with E-state index >= 15 is 0 Å². The van der Waals surface area contributed by atoms with Gasteiger partial charge in [0, 0.05) is 12.0 Å². The van der Waals surface area contributed by atoms with Crippen LogP contribution in [0.5, 0.6) is 0 Å². The van der Waals surface area contributed by atoms with Crippen LogP contribution in [0.3, 0.4) is 0 Å². The van der Waals surface area contributed by atoms with Crippen molar-refractivity contribution >= 4 is 18.0 Å². The maximum atomic E-state index is 11.0. The smallest absolute Gasteiger partial charge is 0.331 e. The van der Waals surface area contributed by atoms with Crippen LogP contribution in [0.1, 0.15) is 18.9 Å². The lowest BCUT2D eigenvalue weighted by Gasteiger charge is -2.09. The molecule has 0 atom stereocenters. The zero-order valence-electron chi connectivity index (χ0n) is 9.55. The topological polar surface area (TPSA) is 63.6 Å². The van der Waals surface area contributed by atoms with Gasteiger partial charge in [-0.15, -0.1) is 0 Å². The number of carboxylic acids is 1. The number of hydrogen-bond donors (Lipinski definition) is 1. The van der Waals surface area contributed by atoms with Gasteiger partial charge in [0.2, 0.25) is 0 Å². The molecule has 1 aromatic carbocycles. The van der Waals surface area contributed by atoms with Crippen molar-refractivity contribution in [3.05, 3.63) is 41.5 Å². The molecule has 1 rings (SSSR count). The van der Waals surface area contributed by atoms with E-state index in [1.165, 1.54) is 0 Å². The van der Waals surface area contributed by atoms with Crippen molar-refractivity contribution in [2.45, 2.75) is 13.3 Å². The lowest BCUT2D eigenvalue weighted by atomic mass is 9.98. The number of carbonyl (C=O) groups is 2. The monoisotopic (exact) mass is 234 g/mol. The number of hydrogen-bond acceptors (Lipinski definition) is 3. The molecule has 90 valence electrons. The molecule has 1 aromatic rings. The Morgan fingerprint density at radius 2 is 2.00 bits per heavy atom. The van der Waals surface area contributed by atoms with Crippen LogP contribution < -0.4 is 0 Å². The van der Waals surface area contributed by atoms with E-state index in [1.54, 1.807) is 6.92 Å². The van der Waals surface area contributed by atoms with Gasteiger partial charge in [-0.1, -0.05) is 30.3 Å². The predicted octanol–water partition coefficient (Wildman–Crippen LogP) is 2.11. The molecule has 0 unspecified atom stereocenters. The second kappa shape index (κ2) is 6.48. The molecule has 0 amide bonds. The third kappa shape index (κ3) is 3.75. The fourth-order valence-corrected chi connectivity index (χ4v) is 1.53. The van der Waals surface area contributed by atoms with Crippen molar-refractivity contribution in [3.63, 3.8) is 0 Å². The largest absolute Gasteiger partial charge is 0.478 e. The number of carbonyl (C=O) groups excluding carboxylic acids is 1. The van der Waals surface area contributed by atoms with Crippen LogP contribution in [-0.2, 0) is 14.3 Å². The Bertz CT molecular complexity index is 420. The maximum Gasteiger partial charge on any atom is 0.331 e. The summed E-state index contributed by atoms with van der Waals surface area (Å²) >= 11 is 0. The highest BCUT2D eigenvalue weighted by Gasteiger charge is 2.11. The SMILES string of the molecule is CC(C(=O)O)=C(CCOC=O)c1ccccc1. The van der Waals surface area contributed by atoms with Crippen molar-refractivity contribution in [2.24, 2.45) is 0 Å². The summed E-state index contributed by atoms with van der Waals surface area (Å²) in [5, 5.41) is 9.00. The first kappa shape index (κ1) is 13.0. The molecular formula is C13H14O4. The van der Waals surface area contributed by atoms with Gasteiger partial charge in [0.1, 0.15) is 0 Å². The molecule has 0 fully saturated rings. The zero-order chi connectivity index (χ0) is 12.7. The summed E-state index contributed by atoms with van der Waals surface area (Å²) in [6.07, 6.45) is 0.390. The molecule has 0 aliphatic carbocycles. The first-order chi connectivity index (χ1) is 8.16. The molecule has 0 bridgehead atoms. The third-order valence-electron chi connectivity index (χ3n) is 2.43. The molecule has 0 spiro atoms. The van der Waals surface area contributed by atoms with Crippen LogP contribution >= 0.6 is 0 Å². The van der Waals surface area contributed by atoms with Gasteiger partial charge < -0.3 is 9.84 Å². The molecule has 0 aliphatic heterocycles. The van der Waals surface area contributed by atoms with E-state index in [4.69, 9.17) is 5.11 Å². The predicted molar refractivity (Wildman–Crippen MR) is 63.3 cm³/mol. The molecular weight excluding hydrogens is 220 g/mol. The van der Waals surface area contributed by atoms with E-state index in [9.17, 15) is 9.59 Å². The molecule has 0 aromatic heterocycles. The van der Waals surface area contributed by atoms with Gasteiger partial charge in [0.15, 0.2) is 0 Å². The number of aliphatic carboxylic acids is 1. The van der Waals surface area contributed by atoms with Crippen molar-refractivity contribution in [3.8, 4) is 0 Å². The summed E-state index contributed by atoms with van der Waals surface area (Å²) in [6, 6.07) is 9.21. The fraction of sp³-hybridized carbons (Fsp3) is 0.231. The normalized spacial score (nSPS) is 11.6. The molecule has 4 nitrogen and oxygen atoms in total. The Hall–Kier alpha value is -2.10. The van der Waals surface area contributed by atoms with E-state index in [-0.39, 0.29) is 12.2 Å². The van der Waals surface area contributed by atoms with Crippen LogP contribution in [-0.4, -0.2) is 24.2 Å². The van der Waals surface area contributed by atoms with Gasteiger partial charge >= 0.3 is 5.97 Å². The van der Waals surface area contributed by atoms with E-state index in [2.05, 4.69) is 4.74 Å². The number of rotatable bonds is 6. The lowest BCUT2D eigenvalue weighted by molar-refractivity contribution is -0.132. The first-order valence-corrected chi connectivity index (χ1v) is 5.20. The van der Waals surface area contributed by atoms with Crippen LogP contribution in [0.15, 0.2) is 35.9 Å². The highest BCUT2D eigenvalue weighted by molar-refractivity contribution is 5.95. The van der Waals surface area contributed by atoms with Crippen molar-refractivity contribution in [1.29, 1.82) is 0 Å². The lowest BCUT2D eigenvalue weighted by Crippen LogP contribution is -2.03. The minimum atomic E-state index is -0.963. The summed E-state index contributed by atoms with van der Waals surface area (Å²) in [5.41, 5.74) is 1.78. The first-order valence-electron chi connectivity index (χ1n) is 5.20. The van der Waals surface area contributed by atoms with Crippen molar-refractivity contribution in [2.75, 3.05) is 6.61 Å².